The van der Waals surface area contributed by atoms with Crippen molar-refractivity contribution in [3.63, 3.8) is 0 Å². The topological polar surface area (TPSA) is 35.2 Å². The number of alkyl halides is 3. The maximum Gasteiger partial charge on any atom is 0.573 e. The van der Waals surface area contributed by atoms with E-state index in [1.54, 1.807) is 12.1 Å². The average Bonchev–Trinajstić information content (AvgIpc) is 2.45. The van der Waals surface area contributed by atoms with Gasteiger partial charge in [0.15, 0.2) is 0 Å². The van der Waals surface area contributed by atoms with Gasteiger partial charge in [-0.05, 0) is 28.7 Å². The Bertz CT molecular complexity index is 657. The first kappa shape index (κ1) is 19.3. The van der Waals surface area contributed by atoms with Crippen molar-refractivity contribution in [1.82, 2.24) is 0 Å². The van der Waals surface area contributed by atoms with Crippen LogP contribution in [-0.4, -0.2) is 6.36 Å². The van der Waals surface area contributed by atoms with Crippen molar-refractivity contribution >= 4 is 12.4 Å². The summed E-state index contributed by atoms with van der Waals surface area (Å²) in [6, 6.07) is 12.4. The highest BCUT2D eigenvalue weighted by Crippen LogP contribution is 2.32. The van der Waals surface area contributed by atoms with Gasteiger partial charge in [0, 0.05) is 12.1 Å². The summed E-state index contributed by atoms with van der Waals surface area (Å²) in [7, 11) is 0. The Balaban J connectivity index is 0.00000264. The van der Waals surface area contributed by atoms with E-state index in [4.69, 9.17) is 5.73 Å². The van der Waals surface area contributed by atoms with Gasteiger partial charge in [-0.2, -0.15) is 0 Å². The highest BCUT2D eigenvalue weighted by molar-refractivity contribution is 5.85. The van der Waals surface area contributed by atoms with Crippen molar-refractivity contribution in [2.45, 2.75) is 32.7 Å². The van der Waals surface area contributed by atoms with E-state index in [2.05, 4.69) is 18.6 Å². The zero-order chi connectivity index (χ0) is 16.3. The van der Waals surface area contributed by atoms with Gasteiger partial charge >= 0.3 is 6.36 Å². The summed E-state index contributed by atoms with van der Waals surface area (Å²) < 4.78 is 41.6. The monoisotopic (exact) mass is 345 g/mol. The Labute approximate surface area is 139 Å². The van der Waals surface area contributed by atoms with E-state index in [1.807, 2.05) is 24.3 Å². The second-order valence-corrected chi connectivity index (χ2v) is 5.35. The summed E-state index contributed by atoms with van der Waals surface area (Å²) in [5.74, 6) is 0.0941. The molecule has 2 aromatic rings. The number of rotatable bonds is 4. The molecule has 0 aliphatic heterocycles. The summed E-state index contributed by atoms with van der Waals surface area (Å²) >= 11 is 0. The lowest BCUT2D eigenvalue weighted by Gasteiger charge is -2.14. The fraction of sp³-hybridized carbons (Fsp3) is 0.294. The zero-order valence-electron chi connectivity index (χ0n) is 12.9. The molecule has 0 atom stereocenters. The first-order valence-corrected chi connectivity index (χ1v) is 6.99. The number of ether oxygens (including phenoxy) is 1. The fourth-order valence-corrected chi connectivity index (χ4v) is 2.20. The number of nitrogens with two attached hydrogens (primary N) is 1. The summed E-state index contributed by atoms with van der Waals surface area (Å²) in [6.45, 7) is 4.11. The quantitative estimate of drug-likeness (QED) is 0.820. The molecule has 0 radical (unpaired) electrons. The molecule has 0 bridgehead atoms. The molecule has 0 spiro atoms. The van der Waals surface area contributed by atoms with Crippen molar-refractivity contribution < 1.29 is 17.9 Å². The number of hydrogen-bond donors (Lipinski definition) is 1. The molecular weight excluding hydrogens is 327 g/mol. The van der Waals surface area contributed by atoms with Crippen LogP contribution >= 0.6 is 12.4 Å². The van der Waals surface area contributed by atoms with Gasteiger partial charge in [-0.25, -0.2) is 0 Å². The Morgan fingerprint density at radius 3 is 2.26 bits per heavy atom. The normalized spacial score (nSPS) is 11.3. The van der Waals surface area contributed by atoms with Crippen molar-refractivity contribution in [3.05, 3.63) is 53.6 Å². The number of benzene rings is 2. The Kier molecular flexibility index (Phi) is 6.47. The van der Waals surface area contributed by atoms with Crippen LogP contribution in [0.25, 0.3) is 11.1 Å². The number of hydrogen-bond acceptors (Lipinski definition) is 2. The maximum atomic E-state index is 12.5. The molecule has 0 aliphatic carbocycles. The van der Waals surface area contributed by atoms with Gasteiger partial charge in [0.25, 0.3) is 0 Å². The van der Waals surface area contributed by atoms with E-state index in [0.717, 1.165) is 11.1 Å². The second kappa shape index (κ2) is 7.70. The molecular formula is C17H19ClF3NO. The predicted molar refractivity (Wildman–Crippen MR) is 87.8 cm³/mol. The van der Waals surface area contributed by atoms with Gasteiger partial charge in [0.2, 0.25) is 0 Å². The Morgan fingerprint density at radius 2 is 1.70 bits per heavy atom. The lowest BCUT2D eigenvalue weighted by molar-refractivity contribution is -0.274. The second-order valence-electron chi connectivity index (χ2n) is 5.35. The van der Waals surface area contributed by atoms with E-state index < -0.39 is 6.36 Å². The molecule has 0 aliphatic rings. The lowest BCUT2D eigenvalue weighted by atomic mass is 9.96. The Hall–Kier alpha value is -1.72. The third-order valence-corrected chi connectivity index (χ3v) is 3.40. The number of halogens is 4. The molecule has 0 fully saturated rings. The van der Waals surface area contributed by atoms with Crippen LogP contribution in [0.5, 0.6) is 5.75 Å². The van der Waals surface area contributed by atoms with Crippen molar-refractivity contribution in [1.29, 1.82) is 0 Å². The molecule has 0 saturated carbocycles. The highest BCUT2D eigenvalue weighted by atomic mass is 35.5. The summed E-state index contributed by atoms with van der Waals surface area (Å²) in [5, 5.41) is 0. The van der Waals surface area contributed by atoms with Crippen LogP contribution < -0.4 is 10.5 Å². The minimum atomic E-state index is -4.73. The average molecular weight is 346 g/mol. The molecule has 0 unspecified atom stereocenters. The smallest absolute Gasteiger partial charge is 0.405 e. The van der Waals surface area contributed by atoms with Crippen LogP contribution in [-0.2, 0) is 6.54 Å². The summed E-state index contributed by atoms with van der Waals surface area (Å²) in [4.78, 5) is 0. The largest absolute Gasteiger partial charge is 0.573 e. The summed E-state index contributed by atoms with van der Waals surface area (Å²) in [5.41, 5.74) is 8.43. The third-order valence-electron chi connectivity index (χ3n) is 3.40. The molecule has 0 aromatic heterocycles. The van der Waals surface area contributed by atoms with Crippen LogP contribution in [0.2, 0.25) is 0 Å². The standard InChI is InChI=1S/C17H18F3NO.ClH/c1-11(2)12-4-3-5-13(8-12)14-6-7-15(10-21)16(9-14)22-17(18,19)20;/h3-9,11H,10,21H2,1-2H3;1H. The molecule has 2 rings (SSSR count). The van der Waals surface area contributed by atoms with Crippen LogP contribution in [0.4, 0.5) is 13.2 Å². The molecule has 0 saturated heterocycles. The van der Waals surface area contributed by atoms with Crippen molar-refractivity contribution in [2.75, 3.05) is 0 Å². The van der Waals surface area contributed by atoms with Gasteiger partial charge in [-0.15, -0.1) is 25.6 Å². The fourth-order valence-electron chi connectivity index (χ4n) is 2.20. The maximum absolute atomic E-state index is 12.5. The van der Waals surface area contributed by atoms with Gasteiger partial charge in [0.05, 0.1) is 0 Å². The van der Waals surface area contributed by atoms with Crippen molar-refractivity contribution in [3.8, 4) is 16.9 Å². The van der Waals surface area contributed by atoms with Gasteiger partial charge in [-0.1, -0.05) is 50.2 Å². The SMILES string of the molecule is CC(C)c1cccc(-c2ccc(CN)c(OC(F)(F)F)c2)c1.Cl. The first-order valence-electron chi connectivity index (χ1n) is 6.99. The van der Waals surface area contributed by atoms with E-state index in [1.165, 1.54) is 6.07 Å². The zero-order valence-corrected chi connectivity index (χ0v) is 13.7. The molecule has 126 valence electrons. The van der Waals surface area contributed by atoms with Crippen LogP contribution in [0.15, 0.2) is 42.5 Å². The van der Waals surface area contributed by atoms with Crippen LogP contribution in [0, 0.1) is 0 Å². The van der Waals surface area contributed by atoms with E-state index in [-0.39, 0.29) is 24.7 Å². The minimum Gasteiger partial charge on any atom is -0.405 e. The van der Waals surface area contributed by atoms with Crippen LogP contribution in [0.3, 0.4) is 0 Å². The highest BCUT2D eigenvalue weighted by Gasteiger charge is 2.32. The Morgan fingerprint density at radius 1 is 1.04 bits per heavy atom. The molecule has 0 amide bonds. The van der Waals surface area contributed by atoms with Crippen molar-refractivity contribution in [2.24, 2.45) is 5.73 Å². The molecule has 0 heterocycles. The van der Waals surface area contributed by atoms with Crippen LogP contribution in [0.1, 0.15) is 30.9 Å². The van der Waals surface area contributed by atoms with Gasteiger partial charge in [0.1, 0.15) is 5.75 Å². The third kappa shape index (κ3) is 5.15. The summed E-state index contributed by atoms with van der Waals surface area (Å²) in [6.07, 6.45) is -4.73. The first-order chi connectivity index (χ1) is 10.3. The molecule has 23 heavy (non-hydrogen) atoms. The molecule has 2 aromatic carbocycles. The molecule has 2 N–H and O–H groups in total. The molecule has 2 nitrogen and oxygen atoms in total. The predicted octanol–water partition coefficient (Wildman–Crippen LogP) is 5.26. The minimum absolute atomic E-state index is 0. The van der Waals surface area contributed by atoms with E-state index in [0.29, 0.717) is 17.0 Å². The van der Waals surface area contributed by atoms with E-state index in [9.17, 15) is 13.2 Å². The lowest BCUT2D eigenvalue weighted by Crippen LogP contribution is -2.18. The van der Waals surface area contributed by atoms with Gasteiger partial charge in [-0.3, -0.25) is 0 Å². The van der Waals surface area contributed by atoms with E-state index >= 15 is 0 Å². The molecule has 6 heteroatoms. The van der Waals surface area contributed by atoms with Gasteiger partial charge < -0.3 is 10.5 Å².